The largest absolute Gasteiger partial charge is 0.366 e. The van der Waals surface area contributed by atoms with Gasteiger partial charge in [-0.25, -0.2) is 15.0 Å². The summed E-state index contributed by atoms with van der Waals surface area (Å²) in [5.41, 5.74) is 7.21. The Kier molecular flexibility index (Phi) is 4.86. The summed E-state index contributed by atoms with van der Waals surface area (Å²) in [6.45, 7) is 0.688. The van der Waals surface area contributed by atoms with Crippen molar-refractivity contribution in [1.82, 2.24) is 24.8 Å². The Morgan fingerprint density at radius 3 is 2.55 bits per heavy atom. The van der Waals surface area contributed by atoms with Crippen LogP contribution in [-0.2, 0) is 24.2 Å². The second kappa shape index (κ2) is 7.63. The molecule has 0 aliphatic carbocycles. The Bertz CT molecular complexity index is 1130. The van der Waals surface area contributed by atoms with Gasteiger partial charge < -0.3 is 15.6 Å². The van der Waals surface area contributed by atoms with Crippen molar-refractivity contribution in [2.24, 2.45) is 5.73 Å². The number of primary amides is 1. The number of nitrogens with zero attached hydrogens (tertiary/aromatic N) is 4. The summed E-state index contributed by atoms with van der Waals surface area (Å²) in [5.74, 6) is 0.194. The maximum absolute atomic E-state index is 12.6. The number of carbonyl (C=O) groups excluding carboxylic acids is 2. The molecule has 2 amide bonds. The quantitative estimate of drug-likeness (QED) is 0.664. The third kappa shape index (κ3) is 3.88. The Hall–Kier alpha value is -3.88. The van der Waals surface area contributed by atoms with Crippen LogP contribution in [0.2, 0.25) is 0 Å². The van der Waals surface area contributed by atoms with Crippen LogP contribution in [-0.4, -0.2) is 43.2 Å². The van der Waals surface area contributed by atoms with Crippen LogP contribution in [0.3, 0.4) is 0 Å². The first kappa shape index (κ1) is 18.5. The highest BCUT2D eigenvalue weighted by Crippen LogP contribution is 2.19. The van der Waals surface area contributed by atoms with Gasteiger partial charge in [-0.1, -0.05) is 12.1 Å². The molecule has 0 saturated carbocycles. The summed E-state index contributed by atoms with van der Waals surface area (Å²) in [5, 5.41) is 0. The van der Waals surface area contributed by atoms with E-state index in [0.29, 0.717) is 47.0 Å². The molecule has 146 valence electrons. The van der Waals surface area contributed by atoms with Crippen LogP contribution in [0.15, 0.2) is 47.5 Å². The molecule has 1 aliphatic rings. The zero-order valence-corrected chi connectivity index (χ0v) is 15.5. The number of carbonyl (C=O) groups is 2. The lowest BCUT2D eigenvalue weighted by Gasteiger charge is -2.27. The lowest BCUT2D eigenvalue weighted by atomic mass is 10.0. The molecular weight excluding hydrogens is 372 g/mol. The molecule has 2 aromatic heterocycles. The van der Waals surface area contributed by atoms with E-state index < -0.39 is 5.91 Å². The van der Waals surface area contributed by atoms with Crippen LogP contribution in [0.1, 0.15) is 27.4 Å². The van der Waals surface area contributed by atoms with E-state index in [1.807, 2.05) is 0 Å². The highest BCUT2D eigenvalue weighted by atomic mass is 16.2. The Morgan fingerprint density at radius 1 is 1.14 bits per heavy atom. The Labute approximate surface area is 165 Å². The molecule has 0 bridgehead atoms. The second-order valence-electron chi connectivity index (χ2n) is 6.69. The first-order valence-corrected chi connectivity index (χ1v) is 9.07. The number of hydrogen-bond acceptors (Lipinski definition) is 6. The van der Waals surface area contributed by atoms with Gasteiger partial charge in [0.1, 0.15) is 11.6 Å². The molecule has 0 fully saturated rings. The average molecular weight is 390 g/mol. The van der Waals surface area contributed by atoms with E-state index in [4.69, 9.17) is 5.73 Å². The van der Waals surface area contributed by atoms with Crippen molar-refractivity contribution in [2.75, 3.05) is 6.54 Å². The van der Waals surface area contributed by atoms with Crippen molar-refractivity contribution in [2.45, 2.75) is 19.4 Å². The summed E-state index contributed by atoms with van der Waals surface area (Å²) in [4.78, 5) is 53.5. The summed E-state index contributed by atoms with van der Waals surface area (Å²) in [7, 11) is 0. The fourth-order valence-electron chi connectivity index (χ4n) is 3.25. The summed E-state index contributed by atoms with van der Waals surface area (Å²) in [6, 6.07) is 8.19. The van der Waals surface area contributed by atoms with Crippen molar-refractivity contribution >= 4 is 11.8 Å². The Morgan fingerprint density at radius 2 is 1.86 bits per heavy atom. The number of nitrogens with one attached hydrogen (secondary N) is 1. The highest BCUT2D eigenvalue weighted by Gasteiger charge is 2.25. The number of rotatable bonds is 4. The maximum Gasteiger partial charge on any atom is 0.254 e. The molecule has 1 aliphatic heterocycles. The fraction of sp³-hybridized carbons (Fsp3) is 0.200. The number of benzene rings is 1. The molecule has 0 spiro atoms. The number of hydrogen-bond donors (Lipinski definition) is 2. The molecule has 9 nitrogen and oxygen atoms in total. The standard InChI is InChI=1S/C20H18N6O3/c21-18(28)12-2-4-13(5-3-12)19-24-15-11-26(9-6-14(15)20(29)25-19)17(27)10-16-22-7-1-8-23-16/h1-5,7-8H,6,9-11H2,(H2,21,28)(H,24,25,29). The lowest BCUT2D eigenvalue weighted by molar-refractivity contribution is -0.131. The van der Waals surface area contributed by atoms with Crippen LogP contribution in [0.4, 0.5) is 0 Å². The fourth-order valence-corrected chi connectivity index (χ4v) is 3.25. The maximum atomic E-state index is 12.6. The zero-order chi connectivity index (χ0) is 20.4. The molecule has 3 aromatic rings. The summed E-state index contributed by atoms with van der Waals surface area (Å²) in [6.07, 6.45) is 3.72. The molecule has 1 aromatic carbocycles. The van der Waals surface area contributed by atoms with Gasteiger partial charge >= 0.3 is 0 Å². The number of H-pyrrole nitrogens is 1. The molecule has 9 heteroatoms. The number of aromatic amines is 1. The van der Waals surface area contributed by atoms with E-state index in [1.165, 1.54) is 0 Å². The third-order valence-corrected chi connectivity index (χ3v) is 4.80. The number of amides is 2. The van der Waals surface area contributed by atoms with Crippen molar-refractivity contribution < 1.29 is 9.59 Å². The lowest BCUT2D eigenvalue weighted by Crippen LogP contribution is -2.40. The van der Waals surface area contributed by atoms with E-state index in [-0.39, 0.29) is 24.4 Å². The van der Waals surface area contributed by atoms with Gasteiger partial charge in [0.15, 0.2) is 0 Å². The van der Waals surface area contributed by atoms with Crippen molar-refractivity contribution in [3.8, 4) is 11.4 Å². The first-order valence-electron chi connectivity index (χ1n) is 9.07. The molecule has 0 saturated heterocycles. The first-order chi connectivity index (χ1) is 14.0. The molecule has 4 rings (SSSR count). The Balaban J connectivity index is 1.58. The van der Waals surface area contributed by atoms with Crippen LogP contribution in [0.25, 0.3) is 11.4 Å². The van der Waals surface area contributed by atoms with Crippen molar-refractivity contribution in [1.29, 1.82) is 0 Å². The molecule has 0 unspecified atom stereocenters. The minimum atomic E-state index is -0.528. The van der Waals surface area contributed by atoms with E-state index in [0.717, 1.165) is 0 Å². The van der Waals surface area contributed by atoms with Crippen LogP contribution >= 0.6 is 0 Å². The monoisotopic (exact) mass is 390 g/mol. The van der Waals surface area contributed by atoms with E-state index in [1.54, 1.807) is 47.6 Å². The predicted molar refractivity (Wildman–Crippen MR) is 104 cm³/mol. The van der Waals surface area contributed by atoms with Crippen molar-refractivity contribution in [3.63, 3.8) is 0 Å². The highest BCUT2D eigenvalue weighted by molar-refractivity contribution is 5.93. The summed E-state index contributed by atoms with van der Waals surface area (Å²) >= 11 is 0. The van der Waals surface area contributed by atoms with E-state index in [9.17, 15) is 14.4 Å². The van der Waals surface area contributed by atoms with E-state index >= 15 is 0 Å². The molecule has 0 radical (unpaired) electrons. The van der Waals surface area contributed by atoms with Gasteiger partial charge in [-0.15, -0.1) is 0 Å². The van der Waals surface area contributed by atoms with Gasteiger partial charge in [0.2, 0.25) is 11.8 Å². The summed E-state index contributed by atoms with van der Waals surface area (Å²) < 4.78 is 0. The van der Waals surface area contributed by atoms with Gasteiger partial charge in [0.25, 0.3) is 5.56 Å². The van der Waals surface area contributed by atoms with E-state index in [2.05, 4.69) is 19.9 Å². The van der Waals surface area contributed by atoms with Gasteiger partial charge in [-0.3, -0.25) is 14.4 Å². The second-order valence-corrected chi connectivity index (χ2v) is 6.69. The number of nitrogens with two attached hydrogens (primary N) is 1. The minimum absolute atomic E-state index is 0.0980. The third-order valence-electron chi connectivity index (χ3n) is 4.80. The van der Waals surface area contributed by atoms with Crippen LogP contribution in [0.5, 0.6) is 0 Å². The smallest absolute Gasteiger partial charge is 0.254 e. The number of aromatic nitrogens is 4. The van der Waals surface area contributed by atoms with Crippen LogP contribution < -0.4 is 11.3 Å². The minimum Gasteiger partial charge on any atom is -0.366 e. The van der Waals surface area contributed by atoms with Crippen LogP contribution in [0, 0.1) is 0 Å². The predicted octanol–water partition coefficient (Wildman–Crippen LogP) is 0.453. The zero-order valence-electron chi connectivity index (χ0n) is 15.5. The van der Waals surface area contributed by atoms with Gasteiger partial charge in [-0.05, 0) is 24.6 Å². The van der Waals surface area contributed by atoms with Gasteiger partial charge in [0.05, 0.1) is 18.7 Å². The van der Waals surface area contributed by atoms with Crippen molar-refractivity contribution in [3.05, 3.63) is 75.7 Å². The molecule has 3 N–H and O–H groups in total. The molecule has 3 heterocycles. The topological polar surface area (TPSA) is 135 Å². The SMILES string of the molecule is NC(=O)c1ccc(-c2nc3c(c(=O)[nH]2)CCN(C(=O)Cc2ncccn2)C3)cc1. The normalized spacial score (nSPS) is 13.0. The molecule has 29 heavy (non-hydrogen) atoms. The average Bonchev–Trinajstić information content (AvgIpc) is 2.74. The molecular formula is C20H18N6O3. The molecule has 0 atom stereocenters. The van der Waals surface area contributed by atoms with Gasteiger partial charge in [-0.2, -0.15) is 0 Å². The van der Waals surface area contributed by atoms with Gasteiger partial charge in [0, 0.05) is 35.6 Å². The number of fused-ring (bicyclic) bond motifs is 1.